The van der Waals surface area contributed by atoms with Crippen molar-refractivity contribution in [2.24, 2.45) is 11.8 Å². The summed E-state index contributed by atoms with van der Waals surface area (Å²) in [4.78, 5) is 2.69. The van der Waals surface area contributed by atoms with Gasteiger partial charge in [0.05, 0.1) is 0 Å². The van der Waals surface area contributed by atoms with Crippen LogP contribution in [-0.4, -0.2) is 14.1 Å². The molecule has 0 spiro atoms. The molecule has 0 bridgehead atoms. The molecule has 0 radical (unpaired) electrons. The number of hydrogen-bond donors (Lipinski definition) is 0. The standard InChI is InChI=1S/C17H25.2C4H9.Al/c1-12(2)13-9-14(16(3,4)5)11-15(10-13)17(6,7)8;2*1-4(2)3;/h1,9-11H,2-8H3;2*4H,1H2,2-3H3;. The molecule has 1 aromatic rings. The fourth-order valence-corrected chi connectivity index (χ4v) is 7.40. The van der Waals surface area contributed by atoms with Gasteiger partial charge in [-0.05, 0) is 34.4 Å². The van der Waals surface area contributed by atoms with E-state index in [1.54, 1.807) is 0 Å². The zero-order valence-electron chi connectivity index (χ0n) is 19.5. The number of benzene rings is 1. The van der Waals surface area contributed by atoms with Crippen molar-refractivity contribution >= 4 is 19.7 Å². The molecule has 1 aromatic carbocycles. The molecule has 0 aliphatic heterocycles. The van der Waals surface area contributed by atoms with E-state index in [2.05, 4.69) is 99.3 Å². The Labute approximate surface area is 168 Å². The summed E-state index contributed by atoms with van der Waals surface area (Å²) in [5, 5.41) is 2.83. The monoisotopic (exact) mass is 370 g/mol. The molecule has 26 heavy (non-hydrogen) atoms. The van der Waals surface area contributed by atoms with Crippen molar-refractivity contribution in [3.63, 3.8) is 0 Å². The normalized spacial score (nSPS) is 13.7. The number of hydrogen-bond acceptors (Lipinski definition) is 0. The maximum absolute atomic E-state index is 2.69. The second-order valence-corrected chi connectivity index (χ2v) is 14.0. The Balaban J connectivity index is 3.37. The van der Waals surface area contributed by atoms with Crippen LogP contribution in [-0.2, 0) is 10.8 Å². The van der Waals surface area contributed by atoms with E-state index in [0.717, 1.165) is 11.8 Å². The maximum Gasteiger partial charge on any atom is 0.295 e. The molecule has 1 rings (SSSR count). The lowest BCUT2D eigenvalue weighted by atomic mass is 9.79. The third-order valence-electron chi connectivity index (χ3n) is 5.15. The quantitative estimate of drug-likeness (QED) is 0.444. The smallest absolute Gasteiger partial charge is 0.141 e. The molecule has 0 saturated carbocycles. The zero-order chi connectivity index (χ0) is 20.3. The Kier molecular flexibility index (Phi) is 8.26. The Morgan fingerprint density at radius 1 is 0.808 bits per heavy atom. The van der Waals surface area contributed by atoms with Gasteiger partial charge in [0.1, 0.15) is 0 Å². The SMILES string of the molecule is CC(=[CH][Al]([CH2]C(C)C)[CH2]C(C)C)c1cc(C(C)(C)C)cc(C(C)(C)C)c1. The lowest BCUT2D eigenvalue weighted by molar-refractivity contribution is 0.568. The average molecular weight is 371 g/mol. The van der Waals surface area contributed by atoms with Crippen LogP contribution in [0.3, 0.4) is 0 Å². The van der Waals surface area contributed by atoms with Crippen molar-refractivity contribution in [3.05, 3.63) is 39.8 Å². The summed E-state index contributed by atoms with van der Waals surface area (Å²) in [7, 11) is 0. The van der Waals surface area contributed by atoms with E-state index in [0.29, 0.717) is 0 Å². The molecule has 1 heteroatoms. The van der Waals surface area contributed by atoms with Gasteiger partial charge in [-0.3, -0.25) is 0 Å². The fraction of sp³-hybridized carbons (Fsp3) is 0.680. The first-order valence-electron chi connectivity index (χ1n) is 10.5. The van der Waals surface area contributed by atoms with Gasteiger partial charge < -0.3 is 0 Å². The molecular weight excluding hydrogens is 327 g/mol. The molecule has 0 amide bonds. The van der Waals surface area contributed by atoms with Crippen molar-refractivity contribution in [1.29, 1.82) is 0 Å². The van der Waals surface area contributed by atoms with Crippen molar-refractivity contribution in [1.82, 2.24) is 0 Å². The first-order valence-corrected chi connectivity index (χ1v) is 12.8. The predicted molar refractivity (Wildman–Crippen MR) is 123 cm³/mol. The van der Waals surface area contributed by atoms with Crippen molar-refractivity contribution < 1.29 is 0 Å². The van der Waals surface area contributed by atoms with Crippen molar-refractivity contribution in [2.75, 3.05) is 0 Å². The largest absolute Gasteiger partial charge is 0.295 e. The van der Waals surface area contributed by atoms with E-state index in [-0.39, 0.29) is 10.8 Å². The lowest BCUT2D eigenvalue weighted by Crippen LogP contribution is -2.18. The van der Waals surface area contributed by atoms with Crippen LogP contribution in [0.5, 0.6) is 0 Å². The van der Waals surface area contributed by atoms with Crippen LogP contribution >= 0.6 is 0 Å². The van der Waals surface area contributed by atoms with Crippen LogP contribution in [0.25, 0.3) is 5.57 Å². The van der Waals surface area contributed by atoms with Gasteiger partial charge in [-0.25, -0.2) is 0 Å². The van der Waals surface area contributed by atoms with Gasteiger partial charge >= 0.3 is 0 Å². The summed E-state index contributed by atoms with van der Waals surface area (Å²) in [5.74, 6) is 1.61. The summed E-state index contributed by atoms with van der Waals surface area (Å²) < 4.78 is 0. The zero-order valence-corrected chi connectivity index (χ0v) is 20.6. The Morgan fingerprint density at radius 2 is 1.19 bits per heavy atom. The summed E-state index contributed by atoms with van der Waals surface area (Å²) in [6, 6.07) is 7.31. The van der Waals surface area contributed by atoms with Crippen LogP contribution in [0.15, 0.2) is 23.1 Å². The molecule has 0 N–H and O–H groups in total. The van der Waals surface area contributed by atoms with E-state index in [1.165, 1.54) is 32.8 Å². The van der Waals surface area contributed by atoms with Gasteiger partial charge in [-0.1, -0.05) is 115 Å². The van der Waals surface area contributed by atoms with E-state index in [9.17, 15) is 0 Å². The summed E-state index contributed by atoms with van der Waals surface area (Å²) >= 11 is -0.855. The lowest BCUT2D eigenvalue weighted by Gasteiger charge is -2.26. The van der Waals surface area contributed by atoms with Gasteiger partial charge in [0.2, 0.25) is 0 Å². The Morgan fingerprint density at radius 3 is 1.50 bits per heavy atom. The molecule has 0 saturated heterocycles. The summed E-state index contributed by atoms with van der Waals surface area (Å²) in [6.07, 6.45) is 0. The summed E-state index contributed by atoms with van der Waals surface area (Å²) in [6.45, 7) is 25.8. The molecular formula is C25H43Al. The minimum absolute atomic E-state index is 0.184. The van der Waals surface area contributed by atoms with E-state index in [1.807, 2.05) is 0 Å². The number of rotatable bonds is 6. The molecule has 146 valence electrons. The molecule has 0 unspecified atom stereocenters. The van der Waals surface area contributed by atoms with Crippen molar-refractivity contribution in [3.8, 4) is 0 Å². The second kappa shape index (κ2) is 9.12. The maximum atomic E-state index is 2.69. The van der Waals surface area contributed by atoms with Crippen LogP contribution in [0.2, 0.25) is 10.6 Å². The molecule has 0 aliphatic carbocycles. The Hall–Kier alpha value is -0.508. The minimum Gasteiger partial charge on any atom is -0.141 e. The third kappa shape index (κ3) is 7.62. The predicted octanol–water partition coefficient (Wildman–Crippen LogP) is 8.03. The molecule has 0 heterocycles. The van der Waals surface area contributed by atoms with E-state index < -0.39 is 14.1 Å². The van der Waals surface area contributed by atoms with Gasteiger partial charge in [0, 0.05) is 0 Å². The molecule has 0 aromatic heterocycles. The van der Waals surface area contributed by atoms with Crippen LogP contribution in [0, 0.1) is 11.8 Å². The van der Waals surface area contributed by atoms with Gasteiger partial charge in [0.25, 0.3) is 14.1 Å². The van der Waals surface area contributed by atoms with Crippen LogP contribution < -0.4 is 0 Å². The molecule has 0 atom stereocenters. The fourth-order valence-electron chi connectivity index (χ4n) is 3.61. The van der Waals surface area contributed by atoms with Crippen LogP contribution in [0.4, 0.5) is 0 Å². The molecule has 0 aliphatic rings. The van der Waals surface area contributed by atoms with E-state index >= 15 is 0 Å². The summed E-state index contributed by atoms with van der Waals surface area (Å²) in [5.41, 5.74) is 6.22. The first-order chi connectivity index (χ1) is 11.7. The molecule has 0 nitrogen and oxygen atoms in total. The third-order valence-corrected chi connectivity index (χ3v) is 9.22. The van der Waals surface area contributed by atoms with Crippen LogP contribution in [0.1, 0.15) is 92.9 Å². The highest BCUT2D eigenvalue weighted by Crippen LogP contribution is 2.32. The van der Waals surface area contributed by atoms with Gasteiger partial charge in [-0.15, -0.1) is 4.94 Å². The average Bonchev–Trinajstić information content (AvgIpc) is 2.43. The highest BCUT2D eigenvalue weighted by molar-refractivity contribution is 6.65. The number of allylic oxidation sites excluding steroid dienone is 1. The van der Waals surface area contributed by atoms with Gasteiger partial charge in [0.15, 0.2) is 0 Å². The first kappa shape index (κ1) is 23.5. The van der Waals surface area contributed by atoms with Crippen molar-refractivity contribution in [2.45, 2.75) is 97.6 Å². The van der Waals surface area contributed by atoms with E-state index in [4.69, 9.17) is 0 Å². The highest BCUT2D eigenvalue weighted by Gasteiger charge is 2.22. The van der Waals surface area contributed by atoms with Gasteiger partial charge in [-0.2, -0.15) is 0 Å². The highest BCUT2D eigenvalue weighted by atomic mass is 27.2. The molecule has 0 fully saturated rings. The second-order valence-electron chi connectivity index (χ2n) is 11.2. The minimum atomic E-state index is -0.855. The Bertz CT molecular complexity index is 564. The topological polar surface area (TPSA) is 0 Å².